The normalized spacial score (nSPS) is 11.4. The molecule has 1 amide bonds. The van der Waals surface area contributed by atoms with Gasteiger partial charge in [-0.3, -0.25) is 4.79 Å². The molecule has 0 saturated heterocycles. The van der Waals surface area contributed by atoms with Crippen molar-refractivity contribution in [3.8, 4) is 0 Å². The summed E-state index contributed by atoms with van der Waals surface area (Å²) in [6.07, 6.45) is 0. The van der Waals surface area contributed by atoms with Gasteiger partial charge in [-0.25, -0.2) is 17.9 Å². The van der Waals surface area contributed by atoms with E-state index in [2.05, 4.69) is 15.9 Å². The molecule has 1 aromatic rings. The van der Waals surface area contributed by atoms with E-state index in [9.17, 15) is 17.6 Å². The number of nitrogens with zero attached hydrogens (tertiary/aromatic N) is 1. The van der Waals surface area contributed by atoms with Crippen molar-refractivity contribution in [3.05, 3.63) is 28.0 Å². The highest BCUT2D eigenvalue weighted by atomic mass is 79.9. The lowest BCUT2D eigenvalue weighted by atomic mass is 10.2. The summed E-state index contributed by atoms with van der Waals surface area (Å²) in [5.74, 6) is -1.37. The van der Waals surface area contributed by atoms with Gasteiger partial charge < -0.3 is 4.90 Å². The van der Waals surface area contributed by atoms with E-state index in [1.807, 2.05) is 0 Å². The molecule has 0 saturated carbocycles. The van der Waals surface area contributed by atoms with Crippen LogP contribution in [0.1, 0.15) is 10.4 Å². The first-order valence-electron chi connectivity index (χ1n) is 4.38. The van der Waals surface area contributed by atoms with Crippen LogP contribution in [0.5, 0.6) is 0 Å². The van der Waals surface area contributed by atoms with Crippen LogP contribution in [-0.4, -0.2) is 33.3 Å². The minimum absolute atomic E-state index is 0.0416. The summed E-state index contributed by atoms with van der Waals surface area (Å²) in [6.45, 7) is 0. The maximum Gasteiger partial charge on any atom is 0.254 e. The fraction of sp³-hybridized carbons (Fsp3) is 0.222. The number of primary sulfonamides is 1. The molecule has 0 atom stereocenters. The number of halogens is 2. The fourth-order valence-corrected chi connectivity index (χ4v) is 2.88. The predicted octanol–water partition coefficient (Wildman–Crippen LogP) is 0.937. The largest absolute Gasteiger partial charge is 0.345 e. The summed E-state index contributed by atoms with van der Waals surface area (Å²) in [6, 6.07) is 1.70. The molecule has 0 aliphatic rings. The second kappa shape index (κ2) is 4.71. The summed E-state index contributed by atoms with van der Waals surface area (Å²) in [7, 11) is -1.16. The zero-order valence-electron chi connectivity index (χ0n) is 9.07. The zero-order valence-corrected chi connectivity index (χ0v) is 11.5. The Labute approximate surface area is 107 Å². The number of benzene rings is 1. The molecule has 0 heterocycles. The van der Waals surface area contributed by atoms with E-state index in [1.165, 1.54) is 19.0 Å². The summed E-state index contributed by atoms with van der Waals surface area (Å²) in [4.78, 5) is 12.4. The first-order valence-corrected chi connectivity index (χ1v) is 6.72. The average Bonchev–Trinajstić information content (AvgIpc) is 2.18. The van der Waals surface area contributed by atoms with E-state index < -0.39 is 26.6 Å². The van der Waals surface area contributed by atoms with Gasteiger partial charge in [-0.15, -0.1) is 0 Å². The van der Waals surface area contributed by atoms with Gasteiger partial charge in [-0.2, -0.15) is 0 Å². The quantitative estimate of drug-likeness (QED) is 0.879. The molecule has 94 valence electrons. The van der Waals surface area contributed by atoms with Crippen LogP contribution in [-0.2, 0) is 10.0 Å². The van der Waals surface area contributed by atoms with Crippen LogP contribution in [0, 0.1) is 5.82 Å². The molecule has 0 unspecified atom stereocenters. The van der Waals surface area contributed by atoms with Gasteiger partial charge in [0.15, 0.2) is 0 Å². The van der Waals surface area contributed by atoms with Crippen LogP contribution in [0.2, 0.25) is 0 Å². The molecule has 0 aliphatic heterocycles. The Morgan fingerprint density at radius 1 is 1.41 bits per heavy atom. The number of carbonyl (C=O) groups excluding carboxylic acids is 1. The van der Waals surface area contributed by atoms with Crippen LogP contribution in [0.25, 0.3) is 0 Å². The zero-order chi connectivity index (χ0) is 13.4. The van der Waals surface area contributed by atoms with E-state index in [0.29, 0.717) is 0 Å². The highest BCUT2D eigenvalue weighted by molar-refractivity contribution is 9.10. The molecule has 0 radical (unpaired) electrons. The van der Waals surface area contributed by atoms with Crippen LogP contribution in [0.3, 0.4) is 0 Å². The van der Waals surface area contributed by atoms with Crippen molar-refractivity contribution >= 4 is 31.9 Å². The molecular weight excluding hydrogens is 315 g/mol. The summed E-state index contributed by atoms with van der Waals surface area (Å²) >= 11 is 2.95. The van der Waals surface area contributed by atoms with Crippen molar-refractivity contribution in [1.82, 2.24) is 4.90 Å². The monoisotopic (exact) mass is 324 g/mol. The lowest BCUT2D eigenvalue weighted by molar-refractivity contribution is 0.0826. The second-order valence-electron chi connectivity index (χ2n) is 3.51. The molecule has 0 bridgehead atoms. The lowest BCUT2D eigenvalue weighted by Crippen LogP contribution is -2.23. The summed E-state index contributed by atoms with van der Waals surface area (Å²) in [5, 5.41) is 4.92. The molecule has 0 aromatic heterocycles. The molecule has 5 nitrogen and oxygen atoms in total. The minimum Gasteiger partial charge on any atom is -0.345 e. The molecule has 8 heteroatoms. The third kappa shape index (κ3) is 3.02. The predicted molar refractivity (Wildman–Crippen MR) is 63.5 cm³/mol. The Balaban J connectivity index is 3.56. The highest BCUT2D eigenvalue weighted by Crippen LogP contribution is 2.27. The lowest BCUT2D eigenvalue weighted by Gasteiger charge is -2.13. The van der Waals surface area contributed by atoms with Crippen LogP contribution in [0.4, 0.5) is 4.39 Å². The van der Waals surface area contributed by atoms with Gasteiger partial charge in [0.1, 0.15) is 5.82 Å². The average molecular weight is 325 g/mol. The third-order valence-corrected chi connectivity index (χ3v) is 4.00. The van der Waals surface area contributed by atoms with Gasteiger partial charge in [0.2, 0.25) is 10.0 Å². The van der Waals surface area contributed by atoms with Gasteiger partial charge >= 0.3 is 0 Å². The Morgan fingerprint density at radius 3 is 2.35 bits per heavy atom. The van der Waals surface area contributed by atoms with E-state index >= 15 is 0 Å². The number of rotatable bonds is 2. The SMILES string of the molecule is CN(C)C(=O)c1cc(F)cc(S(N)(=O)=O)c1Br. The Kier molecular flexibility index (Phi) is 3.90. The third-order valence-electron chi connectivity index (χ3n) is 1.95. The van der Waals surface area contributed by atoms with Gasteiger partial charge in [0.05, 0.1) is 14.9 Å². The van der Waals surface area contributed by atoms with E-state index in [-0.39, 0.29) is 10.0 Å². The standard InChI is InChI=1S/C9H10BrFN2O3S/c1-13(2)9(14)6-3-5(11)4-7(8(6)10)17(12,15)16/h3-4H,1-2H3,(H2,12,15,16). The van der Waals surface area contributed by atoms with Crippen LogP contribution < -0.4 is 5.14 Å². The second-order valence-corrected chi connectivity index (χ2v) is 5.83. The highest BCUT2D eigenvalue weighted by Gasteiger charge is 2.22. The summed E-state index contributed by atoms with van der Waals surface area (Å²) in [5.41, 5.74) is -0.0981. The molecule has 0 fully saturated rings. The van der Waals surface area contributed by atoms with E-state index in [0.717, 1.165) is 12.1 Å². The van der Waals surface area contributed by atoms with Crippen LogP contribution >= 0.6 is 15.9 Å². The fourth-order valence-electron chi connectivity index (χ4n) is 1.17. The van der Waals surface area contributed by atoms with Crippen molar-refractivity contribution < 1.29 is 17.6 Å². The van der Waals surface area contributed by atoms with Crippen molar-refractivity contribution in [2.75, 3.05) is 14.1 Å². The van der Waals surface area contributed by atoms with E-state index in [1.54, 1.807) is 0 Å². The van der Waals surface area contributed by atoms with Gasteiger partial charge in [-0.05, 0) is 28.1 Å². The number of hydrogen-bond acceptors (Lipinski definition) is 3. The van der Waals surface area contributed by atoms with Gasteiger partial charge in [-0.1, -0.05) is 0 Å². The maximum atomic E-state index is 13.3. The number of nitrogens with two attached hydrogens (primary N) is 1. The van der Waals surface area contributed by atoms with Crippen molar-refractivity contribution in [2.24, 2.45) is 5.14 Å². The smallest absolute Gasteiger partial charge is 0.254 e. The number of hydrogen-bond donors (Lipinski definition) is 1. The number of amides is 1. The molecule has 17 heavy (non-hydrogen) atoms. The summed E-state index contributed by atoms with van der Waals surface area (Å²) < 4.78 is 35.6. The molecule has 2 N–H and O–H groups in total. The van der Waals surface area contributed by atoms with E-state index in [4.69, 9.17) is 5.14 Å². The molecule has 1 rings (SSSR count). The Hall–Kier alpha value is -0.990. The van der Waals surface area contributed by atoms with Crippen molar-refractivity contribution in [2.45, 2.75) is 4.90 Å². The first kappa shape index (κ1) is 14.1. The minimum atomic E-state index is -4.10. The molecule has 0 spiro atoms. The number of carbonyl (C=O) groups is 1. The van der Waals surface area contributed by atoms with Crippen molar-refractivity contribution in [1.29, 1.82) is 0 Å². The first-order chi connectivity index (χ1) is 7.64. The Morgan fingerprint density at radius 2 is 1.94 bits per heavy atom. The topological polar surface area (TPSA) is 80.5 Å². The molecular formula is C9H10BrFN2O3S. The van der Waals surface area contributed by atoms with Crippen LogP contribution in [0.15, 0.2) is 21.5 Å². The Bertz CT molecular complexity index is 572. The molecule has 0 aliphatic carbocycles. The van der Waals surface area contributed by atoms with Crippen molar-refractivity contribution in [3.63, 3.8) is 0 Å². The maximum absolute atomic E-state index is 13.3. The van der Waals surface area contributed by atoms with Gasteiger partial charge in [0.25, 0.3) is 5.91 Å². The number of sulfonamides is 1. The van der Waals surface area contributed by atoms with Gasteiger partial charge in [0, 0.05) is 14.1 Å². The molecule has 1 aromatic carbocycles.